The van der Waals surface area contributed by atoms with E-state index in [2.05, 4.69) is 32.2 Å². The SMILES string of the molecule is Cc1[nH]nc2c1[C@H](c1cc(Br)cs1)C(C#N)=C(N)O2. The third-order valence-electron chi connectivity index (χ3n) is 3.00. The van der Waals surface area contributed by atoms with Crippen LogP contribution >= 0.6 is 27.3 Å². The van der Waals surface area contributed by atoms with Crippen molar-refractivity contribution in [3.63, 3.8) is 0 Å². The standard InChI is InChI=1S/C12H9BrN4OS/c1-5-9-10(8-2-6(13)4-19-8)7(3-14)11(15)18-12(9)17-16-5/h2,4,10H,15H2,1H3,(H,16,17)/t10-/m0/s1. The molecule has 96 valence electrons. The summed E-state index contributed by atoms with van der Waals surface area (Å²) >= 11 is 5.00. The molecule has 0 saturated heterocycles. The largest absolute Gasteiger partial charge is 0.420 e. The minimum Gasteiger partial charge on any atom is -0.420 e. The Morgan fingerprint density at radius 2 is 2.42 bits per heavy atom. The summed E-state index contributed by atoms with van der Waals surface area (Å²) in [6.07, 6.45) is 0. The molecule has 7 heteroatoms. The normalized spacial score (nSPS) is 17.8. The van der Waals surface area contributed by atoms with Gasteiger partial charge >= 0.3 is 0 Å². The van der Waals surface area contributed by atoms with Crippen molar-refractivity contribution >= 4 is 27.3 Å². The summed E-state index contributed by atoms with van der Waals surface area (Å²) in [6.45, 7) is 1.90. The number of aryl methyl sites for hydroxylation is 1. The van der Waals surface area contributed by atoms with E-state index >= 15 is 0 Å². The van der Waals surface area contributed by atoms with E-state index in [1.165, 1.54) is 0 Å². The number of hydrogen-bond acceptors (Lipinski definition) is 5. The van der Waals surface area contributed by atoms with Crippen molar-refractivity contribution in [1.82, 2.24) is 10.2 Å². The molecule has 0 amide bonds. The average molecular weight is 337 g/mol. The number of thiophene rings is 1. The molecule has 3 rings (SSSR count). The average Bonchev–Trinajstić information content (AvgIpc) is 2.95. The maximum Gasteiger partial charge on any atom is 0.244 e. The third-order valence-corrected chi connectivity index (χ3v) is 4.76. The second-order valence-electron chi connectivity index (χ2n) is 4.16. The molecule has 19 heavy (non-hydrogen) atoms. The number of allylic oxidation sites excluding steroid dienone is 1. The number of nitrogens with zero attached hydrogens (tertiary/aromatic N) is 2. The number of halogens is 1. The maximum atomic E-state index is 9.35. The molecule has 2 aromatic heterocycles. The Kier molecular flexibility index (Phi) is 2.84. The van der Waals surface area contributed by atoms with Crippen molar-refractivity contribution in [3.05, 3.63) is 43.5 Å². The minimum absolute atomic E-state index is 0.121. The van der Waals surface area contributed by atoms with Gasteiger partial charge in [0.15, 0.2) is 0 Å². The molecule has 0 fully saturated rings. The lowest BCUT2D eigenvalue weighted by Gasteiger charge is -2.22. The number of fused-ring (bicyclic) bond motifs is 1. The summed E-state index contributed by atoms with van der Waals surface area (Å²) in [5.74, 6) is 0.350. The van der Waals surface area contributed by atoms with Gasteiger partial charge in [-0.3, -0.25) is 5.10 Å². The van der Waals surface area contributed by atoms with Crippen LogP contribution in [-0.4, -0.2) is 10.2 Å². The third kappa shape index (κ3) is 1.84. The smallest absolute Gasteiger partial charge is 0.244 e. The molecule has 0 radical (unpaired) electrons. The van der Waals surface area contributed by atoms with Gasteiger partial charge in [-0.05, 0) is 28.9 Å². The molecule has 0 unspecified atom stereocenters. The highest BCUT2D eigenvalue weighted by atomic mass is 79.9. The molecule has 5 nitrogen and oxygen atoms in total. The number of H-pyrrole nitrogens is 1. The zero-order valence-electron chi connectivity index (χ0n) is 9.90. The van der Waals surface area contributed by atoms with E-state index in [0.29, 0.717) is 11.5 Å². The fraction of sp³-hybridized carbons (Fsp3) is 0.167. The van der Waals surface area contributed by atoms with E-state index in [-0.39, 0.29) is 11.8 Å². The molecule has 3 N–H and O–H groups in total. The summed E-state index contributed by atoms with van der Waals surface area (Å²) in [6, 6.07) is 4.14. The first-order chi connectivity index (χ1) is 9.11. The molecule has 0 bridgehead atoms. The second kappa shape index (κ2) is 4.40. The Morgan fingerprint density at radius 1 is 1.63 bits per heavy atom. The monoisotopic (exact) mass is 336 g/mol. The minimum atomic E-state index is -0.219. The van der Waals surface area contributed by atoms with Gasteiger partial charge in [0.25, 0.3) is 0 Å². The topological polar surface area (TPSA) is 87.7 Å². The van der Waals surface area contributed by atoms with Crippen molar-refractivity contribution in [1.29, 1.82) is 5.26 Å². The van der Waals surface area contributed by atoms with Crippen LogP contribution in [0, 0.1) is 18.3 Å². The first-order valence-electron chi connectivity index (χ1n) is 5.48. The maximum absolute atomic E-state index is 9.35. The number of nitriles is 1. The number of hydrogen-bond donors (Lipinski definition) is 2. The van der Waals surface area contributed by atoms with Crippen LogP contribution in [0.1, 0.15) is 22.1 Å². The molecule has 3 heterocycles. The number of nitrogens with one attached hydrogen (secondary N) is 1. The summed E-state index contributed by atoms with van der Waals surface area (Å²) < 4.78 is 6.38. The first-order valence-corrected chi connectivity index (χ1v) is 7.15. The lowest BCUT2D eigenvalue weighted by atomic mass is 9.89. The number of aromatic nitrogens is 2. The summed E-state index contributed by atoms with van der Waals surface area (Å²) in [5, 5.41) is 18.3. The van der Waals surface area contributed by atoms with Crippen molar-refractivity contribution in [2.45, 2.75) is 12.8 Å². The number of ether oxygens (including phenoxy) is 1. The summed E-state index contributed by atoms with van der Waals surface area (Å²) in [7, 11) is 0. The number of nitrogens with two attached hydrogens (primary N) is 1. The fourth-order valence-electron chi connectivity index (χ4n) is 2.16. The molecule has 1 atom stereocenters. The highest BCUT2D eigenvalue weighted by Crippen LogP contribution is 2.44. The van der Waals surface area contributed by atoms with E-state index in [0.717, 1.165) is 20.6 Å². The molecular weight excluding hydrogens is 328 g/mol. The van der Waals surface area contributed by atoms with E-state index in [1.54, 1.807) is 11.3 Å². The number of rotatable bonds is 1. The quantitative estimate of drug-likeness (QED) is 0.838. The lowest BCUT2D eigenvalue weighted by molar-refractivity contribution is 0.379. The van der Waals surface area contributed by atoms with Crippen LogP contribution in [0.25, 0.3) is 0 Å². The van der Waals surface area contributed by atoms with Gasteiger partial charge in [0.1, 0.15) is 11.6 Å². The predicted molar refractivity (Wildman–Crippen MR) is 74.6 cm³/mol. The molecule has 0 aliphatic carbocycles. The van der Waals surface area contributed by atoms with Crippen molar-refractivity contribution in [2.75, 3.05) is 0 Å². The fourth-order valence-corrected chi connectivity index (χ4v) is 3.72. The highest BCUT2D eigenvalue weighted by Gasteiger charge is 2.34. The summed E-state index contributed by atoms with van der Waals surface area (Å²) in [4.78, 5) is 1.03. The van der Waals surface area contributed by atoms with Crippen LogP contribution in [-0.2, 0) is 0 Å². The molecule has 0 saturated carbocycles. The van der Waals surface area contributed by atoms with Crippen molar-refractivity contribution in [3.8, 4) is 11.9 Å². The Bertz CT molecular complexity index is 724. The van der Waals surface area contributed by atoms with Crippen LogP contribution in [0.5, 0.6) is 5.88 Å². The van der Waals surface area contributed by atoms with Gasteiger partial charge in [-0.1, -0.05) is 0 Å². The highest BCUT2D eigenvalue weighted by molar-refractivity contribution is 9.10. The zero-order valence-corrected chi connectivity index (χ0v) is 12.3. The summed E-state index contributed by atoms with van der Waals surface area (Å²) in [5.41, 5.74) is 8.00. The Labute approximate surface area is 121 Å². The van der Waals surface area contributed by atoms with E-state index in [4.69, 9.17) is 10.5 Å². The van der Waals surface area contributed by atoms with Crippen LogP contribution in [0.15, 0.2) is 27.4 Å². The van der Waals surface area contributed by atoms with Gasteiger partial charge in [0.2, 0.25) is 11.8 Å². The van der Waals surface area contributed by atoms with E-state index in [9.17, 15) is 5.26 Å². The molecule has 2 aromatic rings. The Balaban J connectivity index is 2.24. The van der Waals surface area contributed by atoms with Gasteiger partial charge in [-0.15, -0.1) is 16.4 Å². The Hall–Kier alpha value is -1.78. The molecule has 0 aromatic carbocycles. The molecule has 1 aliphatic rings. The zero-order chi connectivity index (χ0) is 13.6. The van der Waals surface area contributed by atoms with Crippen LogP contribution in [0.2, 0.25) is 0 Å². The second-order valence-corrected chi connectivity index (χ2v) is 6.02. The van der Waals surface area contributed by atoms with Crippen LogP contribution in [0.4, 0.5) is 0 Å². The van der Waals surface area contributed by atoms with Crippen molar-refractivity contribution < 1.29 is 4.74 Å². The predicted octanol–water partition coefficient (Wildman–Crippen LogP) is 2.76. The van der Waals surface area contributed by atoms with Crippen molar-refractivity contribution in [2.24, 2.45) is 5.73 Å². The van der Waals surface area contributed by atoms with Gasteiger partial charge in [-0.2, -0.15) is 5.26 Å². The van der Waals surface area contributed by atoms with Crippen LogP contribution < -0.4 is 10.5 Å². The first kappa shape index (κ1) is 12.3. The van der Waals surface area contributed by atoms with Gasteiger partial charge in [0.05, 0.1) is 11.5 Å². The van der Waals surface area contributed by atoms with E-state index < -0.39 is 0 Å². The lowest BCUT2D eigenvalue weighted by Crippen LogP contribution is -2.20. The van der Waals surface area contributed by atoms with Crippen LogP contribution in [0.3, 0.4) is 0 Å². The van der Waals surface area contributed by atoms with Gasteiger partial charge in [-0.25, -0.2) is 0 Å². The molecule has 0 spiro atoms. The Morgan fingerprint density at radius 3 is 3.05 bits per heavy atom. The molecular formula is C12H9BrN4OS. The van der Waals surface area contributed by atoms with E-state index in [1.807, 2.05) is 18.4 Å². The van der Waals surface area contributed by atoms with Gasteiger partial charge < -0.3 is 10.5 Å². The van der Waals surface area contributed by atoms with Gasteiger partial charge in [0, 0.05) is 20.4 Å². The molecule has 1 aliphatic heterocycles. The number of aromatic amines is 1.